The maximum absolute atomic E-state index is 11.0. The summed E-state index contributed by atoms with van der Waals surface area (Å²) in [6.07, 6.45) is 0. The molecule has 0 saturated carbocycles. The monoisotopic (exact) mass is 211 g/mol. The molecular formula is C9H6ClNOS. The molecule has 0 atom stereocenters. The van der Waals surface area contributed by atoms with Gasteiger partial charge in [-0.15, -0.1) is 11.3 Å². The summed E-state index contributed by atoms with van der Waals surface area (Å²) in [5.41, 5.74) is 1.39. The van der Waals surface area contributed by atoms with Crippen LogP contribution >= 0.6 is 22.9 Å². The van der Waals surface area contributed by atoms with Crippen molar-refractivity contribution in [3.63, 3.8) is 0 Å². The number of nitrogens with zero attached hydrogens (tertiary/aromatic N) is 1. The first-order valence-electron chi connectivity index (χ1n) is 3.74. The van der Waals surface area contributed by atoms with Crippen LogP contribution in [0.1, 0.15) is 15.4 Å². The van der Waals surface area contributed by atoms with E-state index in [2.05, 4.69) is 4.98 Å². The fourth-order valence-corrected chi connectivity index (χ4v) is 2.36. The first-order valence-corrected chi connectivity index (χ1v) is 4.94. The van der Waals surface area contributed by atoms with E-state index in [0.717, 1.165) is 15.2 Å². The van der Waals surface area contributed by atoms with Gasteiger partial charge in [0.25, 0.3) is 5.24 Å². The molecule has 0 aliphatic rings. The normalized spacial score (nSPS) is 10.6. The van der Waals surface area contributed by atoms with Crippen LogP contribution in [0.3, 0.4) is 0 Å². The van der Waals surface area contributed by atoms with Gasteiger partial charge in [0, 0.05) is 0 Å². The van der Waals surface area contributed by atoms with Crippen LogP contribution in [-0.4, -0.2) is 10.2 Å². The van der Waals surface area contributed by atoms with Gasteiger partial charge in [-0.05, 0) is 30.7 Å². The number of hydrogen-bond acceptors (Lipinski definition) is 3. The summed E-state index contributed by atoms with van der Waals surface area (Å²) in [7, 11) is 0. The molecule has 2 rings (SSSR count). The van der Waals surface area contributed by atoms with Gasteiger partial charge in [-0.2, -0.15) is 0 Å². The predicted molar refractivity (Wildman–Crippen MR) is 54.5 cm³/mol. The molecule has 2 aromatic rings. The molecule has 0 unspecified atom stereocenters. The third-order valence-corrected chi connectivity index (χ3v) is 2.96. The summed E-state index contributed by atoms with van der Waals surface area (Å²) in [6, 6.07) is 5.38. The van der Waals surface area contributed by atoms with Crippen LogP contribution in [0.2, 0.25) is 0 Å². The van der Waals surface area contributed by atoms with Gasteiger partial charge in [0.05, 0.1) is 20.8 Å². The van der Waals surface area contributed by atoms with Crippen LogP contribution in [0.25, 0.3) is 10.2 Å². The van der Waals surface area contributed by atoms with Gasteiger partial charge in [-0.3, -0.25) is 4.79 Å². The molecule has 13 heavy (non-hydrogen) atoms. The molecule has 0 aliphatic carbocycles. The third kappa shape index (κ3) is 1.45. The van der Waals surface area contributed by atoms with Crippen LogP contribution < -0.4 is 0 Å². The molecule has 0 radical (unpaired) electrons. The number of halogens is 1. The Balaban J connectivity index is 2.82. The van der Waals surface area contributed by atoms with Crippen molar-refractivity contribution in [2.75, 3.05) is 0 Å². The van der Waals surface area contributed by atoms with Gasteiger partial charge in [-0.1, -0.05) is 6.07 Å². The molecule has 4 heteroatoms. The van der Waals surface area contributed by atoms with Crippen molar-refractivity contribution in [1.82, 2.24) is 4.98 Å². The Bertz CT molecular complexity index is 477. The van der Waals surface area contributed by atoms with Crippen molar-refractivity contribution in [3.8, 4) is 0 Å². The van der Waals surface area contributed by atoms with E-state index in [9.17, 15) is 4.79 Å². The van der Waals surface area contributed by atoms with Crippen LogP contribution in [0.4, 0.5) is 0 Å². The van der Waals surface area contributed by atoms with Crippen LogP contribution in [0.15, 0.2) is 18.2 Å². The molecule has 0 N–H and O–H groups in total. The molecule has 0 bridgehead atoms. The zero-order valence-electron chi connectivity index (χ0n) is 6.87. The van der Waals surface area contributed by atoms with E-state index in [-0.39, 0.29) is 0 Å². The molecule has 1 aromatic carbocycles. The highest BCUT2D eigenvalue weighted by atomic mass is 35.5. The fourth-order valence-electron chi connectivity index (χ4n) is 1.22. The number of benzene rings is 1. The number of carbonyl (C=O) groups is 1. The highest BCUT2D eigenvalue weighted by Gasteiger charge is 2.09. The molecule has 0 spiro atoms. The molecule has 0 aliphatic heterocycles. The van der Waals surface area contributed by atoms with Crippen molar-refractivity contribution in [2.24, 2.45) is 0 Å². The van der Waals surface area contributed by atoms with Crippen LogP contribution in [0.5, 0.6) is 0 Å². The number of fused-ring (bicyclic) bond motifs is 1. The van der Waals surface area contributed by atoms with Gasteiger partial charge < -0.3 is 0 Å². The molecule has 1 aromatic heterocycles. The number of hydrogen-bond donors (Lipinski definition) is 0. The Morgan fingerprint density at radius 2 is 2.31 bits per heavy atom. The second kappa shape index (κ2) is 3.09. The Kier molecular flexibility index (Phi) is 2.06. The Hall–Kier alpha value is -0.930. The lowest BCUT2D eigenvalue weighted by molar-refractivity contribution is 0.108. The SMILES string of the molecule is Cc1nc2cccc(C(=O)Cl)c2s1. The zero-order chi connectivity index (χ0) is 9.42. The Morgan fingerprint density at radius 1 is 1.54 bits per heavy atom. The molecule has 2 nitrogen and oxygen atoms in total. The van der Waals surface area contributed by atoms with Gasteiger partial charge in [0.1, 0.15) is 0 Å². The minimum Gasteiger partial charge on any atom is -0.276 e. The standard InChI is InChI=1S/C9H6ClNOS/c1-5-11-7-4-2-3-6(9(10)12)8(7)13-5/h2-4H,1H3. The molecule has 0 saturated heterocycles. The van der Waals surface area contributed by atoms with Crippen molar-refractivity contribution in [3.05, 3.63) is 28.8 Å². The smallest absolute Gasteiger partial charge is 0.253 e. The average Bonchev–Trinajstić information content (AvgIpc) is 2.43. The Labute approximate surface area is 84.2 Å². The highest BCUT2D eigenvalue weighted by molar-refractivity contribution is 7.19. The van der Waals surface area contributed by atoms with E-state index in [4.69, 9.17) is 11.6 Å². The van der Waals surface area contributed by atoms with E-state index < -0.39 is 5.24 Å². The zero-order valence-corrected chi connectivity index (χ0v) is 8.45. The summed E-state index contributed by atoms with van der Waals surface area (Å²) >= 11 is 6.92. The first kappa shape index (κ1) is 8.66. The minimum absolute atomic E-state index is 0.422. The number of thiazole rings is 1. The van der Waals surface area contributed by atoms with E-state index in [1.807, 2.05) is 13.0 Å². The highest BCUT2D eigenvalue weighted by Crippen LogP contribution is 2.26. The van der Waals surface area contributed by atoms with Crippen molar-refractivity contribution in [1.29, 1.82) is 0 Å². The number of carbonyl (C=O) groups excluding carboxylic acids is 1. The van der Waals surface area contributed by atoms with Gasteiger partial charge in [0.2, 0.25) is 0 Å². The maximum atomic E-state index is 11.0. The van der Waals surface area contributed by atoms with E-state index in [1.54, 1.807) is 12.1 Å². The number of rotatable bonds is 1. The van der Waals surface area contributed by atoms with Crippen LogP contribution in [-0.2, 0) is 0 Å². The quantitative estimate of drug-likeness (QED) is 0.679. The maximum Gasteiger partial charge on any atom is 0.253 e. The lowest BCUT2D eigenvalue weighted by Crippen LogP contribution is -1.87. The number of aromatic nitrogens is 1. The fraction of sp³-hybridized carbons (Fsp3) is 0.111. The largest absolute Gasteiger partial charge is 0.276 e. The van der Waals surface area contributed by atoms with E-state index in [1.165, 1.54) is 11.3 Å². The van der Waals surface area contributed by atoms with Crippen molar-refractivity contribution < 1.29 is 4.79 Å². The summed E-state index contributed by atoms with van der Waals surface area (Å²) in [4.78, 5) is 15.3. The second-order valence-electron chi connectivity index (χ2n) is 2.66. The summed E-state index contributed by atoms with van der Waals surface area (Å²) < 4.78 is 0.875. The summed E-state index contributed by atoms with van der Waals surface area (Å²) in [5.74, 6) is 0. The molecule has 66 valence electrons. The summed E-state index contributed by atoms with van der Waals surface area (Å²) in [6.45, 7) is 1.91. The van der Waals surface area contributed by atoms with Crippen molar-refractivity contribution in [2.45, 2.75) is 6.92 Å². The van der Waals surface area contributed by atoms with Crippen molar-refractivity contribution >= 4 is 38.4 Å². The van der Waals surface area contributed by atoms with Gasteiger partial charge in [-0.25, -0.2) is 4.98 Å². The van der Waals surface area contributed by atoms with Gasteiger partial charge in [0.15, 0.2) is 0 Å². The molecular weight excluding hydrogens is 206 g/mol. The Morgan fingerprint density at radius 3 is 3.00 bits per heavy atom. The second-order valence-corrected chi connectivity index (χ2v) is 4.21. The predicted octanol–water partition coefficient (Wildman–Crippen LogP) is 2.98. The average molecular weight is 212 g/mol. The first-order chi connectivity index (χ1) is 6.18. The lowest BCUT2D eigenvalue weighted by atomic mass is 10.2. The third-order valence-electron chi connectivity index (χ3n) is 1.73. The lowest BCUT2D eigenvalue weighted by Gasteiger charge is -1.93. The molecule has 0 fully saturated rings. The van der Waals surface area contributed by atoms with E-state index >= 15 is 0 Å². The summed E-state index contributed by atoms with van der Waals surface area (Å²) in [5, 5.41) is 0.523. The number of aryl methyl sites for hydroxylation is 1. The van der Waals surface area contributed by atoms with Gasteiger partial charge >= 0.3 is 0 Å². The molecule has 0 amide bonds. The minimum atomic E-state index is -0.422. The van der Waals surface area contributed by atoms with E-state index in [0.29, 0.717) is 5.56 Å². The topological polar surface area (TPSA) is 30.0 Å². The van der Waals surface area contributed by atoms with Crippen LogP contribution in [0, 0.1) is 6.92 Å². The molecule has 1 heterocycles.